The largest absolute Gasteiger partial charge is 0.497 e. The Bertz CT molecular complexity index is 837. The number of aromatic nitrogens is 3. The quantitative estimate of drug-likeness (QED) is 0.725. The summed E-state index contributed by atoms with van der Waals surface area (Å²) in [6, 6.07) is 9.73. The Morgan fingerprint density at radius 3 is 2.68 bits per heavy atom. The monoisotopic (exact) mass is 313 g/mol. The number of ether oxygens (including phenoxy) is 1. The van der Waals surface area contributed by atoms with Crippen molar-refractivity contribution in [1.82, 2.24) is 14.5 Å². The van der Waals surface area contributed by atoms with Crippen LogP contribution >= 0.6 is 11.6 Å². The molecule has 22 heavy (non-hydrogen) atoms. The normalized spacial score (nSPS) is 10.9. The molecule has 0 spiro atoms. The Morgan fingerprint density at radius 2 is 2.05 bits per heavy atom. The average Bonchev–Trinajstić information content (AvgIpc) is 2.91. The van der Waals surface area contributed by atoms with Crippen LogP contribution in [0.25, 0.3) is 16.7 Å². The summed E-state index contributed by atoms with van der Waals surface area (Å²) in [4.78, 5) is 8.98. The third-order valence-corrected chi connectivity index (χ3v) is 3.76. The van der Waals surface area contributed by atoms with Crippen molar-refractivity contribution in [2.75, 3.05) is 7.11 Å². The SMILES string of the molecule is C=C(C)c1cc(Cl)c2ncn(Cc3ccc(OC)cc3)c2n1. The summed E-state index contributed by atoms with van der Waals surface area (Å²) in [5.41, 5.74) is 4.27. The number of pyridine rings is 1. The number of fused-ring (bicyclic) bond motifs is 1. The second-order valence-electron chi connectivity index (χ2n) is 5.16. The van der Waals surface area contributed by atoms with Gasteiger partial charge in [0.05, 0.1) is 30.7 Å². The first-order chi connectivity index (χ1) is 10.6. The highest BCUT2D eigenvalue weighted by Crippen LogP contribution is 2.25. The third-order valence-electron chi connectivity index (χ3n) is 3.48. The molecule has 0 aliphatic carbocycles. The third kappa shape index (κ3) is 2.70. The van der Waals surface area contributed by atoms with Gasteiger partial charge in [-0.05, 0) is 36.3 Å². The van der Waals surface area contributed by atoms with E-state index < -0.39 is 0 Å². The number of hydrogen-bond donors (Lipinski definition) is 0. The lowest BCUT2D eigenvalue weighted by Gasteiger charge is -2.07. The number of halogens is 1. The molecule has 0 bridgehead atoms. The summed E-state index contributed by atoms with van der Waals surface area (Å²) in [6.45, 7) is 6.51. The standard InChI is InChI=1S/C17H16ClN3O/c1-11(2)15-8-14(18)16-17(20-15)21(10-19-16)9-12-4-6-13(22-3)7-5-12/h4-8,10H,1,9H2,2-3H3. The summed E-state index contributed by atoms with van der Waals surface area (Å²) in [7, 11) is 1.66. The van der Waals surface area contributed by atoms with Crippen LogP contribution in [0.3, 0.4) is 0 Å². The molecule has 0 fully saturated rings. The van der Waals surface area contributed by atoms with Gasteiger partial charge in [-0.1, -0.05) is 30.3 Å². The number of nitrogens with zero attached hydrogens (tertiary/aromatic N) is 3. The van der Waals surface area contributed by atoms with Crippen LogP contribution in [0.1, 0.15) is 18.2 Å². The highest BCUT2D eigenvalue weighted by molar-refractivity contribution is 6.34. The summed E-state index contributed by atoms with van der Waals surface area (Å²) in [5.74, 6) is 0.838. The van der Waals surface area contributed by atoms with E-state index in [4.69, 9.17) is 16.3 Å². The highest BCUT2D eigenvalue weighted by atomic mass is 35.5. The van der Waals surface area contributed by atoms with Crippen LogP contribution in [0.2, 0.25) is 5.02 Å². The van der Waals surface area contributed by atoms with Crippen LogP contribution in [0.5, 0.6) is 5.75 Å². The maximum Gasteiger partial charge on any atom is 0.162 e. The minimum atomic E-state index is 0.594. The van der Waals surface area contributed by atoms with Gasteiger partial charge in [0.25, 0.3) is 0 Å². The van der Waals surface area contributed by atoms with Crippen molar-refractivity contribution in [3.8, 4) is 5.75 Å². The maximum absolute atomic E-state index is 6.29. The van der Waals surface area contributed by atoms with Gasteiger partial charge in [-0.25, -0.2) is 9.97 Å². The Kier molecular flexibility index (Phi) is 3.86. The zero-order valence-corrected chi connectivity index (χ0v) is 13.3. The molecule has 4 nitrogen and oxygen atoms in total. The van der Waals surface area contributed by atoms with Gasteiger partial charge in [0.15, 0.2) is 5.65 Å². The van der Waals surface area contributed by atoms with Gasteiger partial charge in [-0.2, -0.15) is 0 Å². The Hall–Kier alpha value is -2.33. The van der Waals surface area contributed by atoms with Crippen molar-refractivity contribution in [3.63, 3.8) is 0 Å². The molecule has 0 atom stereocenters. The molecule has 0 amide bonds. The van der Waals surface area contributed by atoms with Crippen molar-refractivity contribution in [2.45, 2.75) is 13.5 Å². The molecule has 3 aromatic rings. The topological polar surface area (TPSA) is 39.9 Å². The lowest BCUT2D eigenvalue weighted by atomic mass is 10.2. The van der Waals surface area contributed by atoms with E-state index in [9.17, 15) is 0 Å². The van der Waals surface area contributed by atoms with Gasteiger partial charge < -0.3 is 9.30 Å². The minimum absolute atomic E-state index is 0.594. The van der Waals surface area contributed by atoms with E-state index in [1.54, 1.807) is 19.5 Å². The van der Waals surface area contributed by atoms with Crippen LogP contribution < -0.4 is 4.74 Å². The molecule has 0 aliphatic rings. The van der Waals surface area contributed by atoms with Crippen LogP contribution in [0, 0.1) is 0 Å². The smallest absolute Gasteiger partial charge is 0.162 e. The Morgan fingerprint density at radius 1 is 1.32 bits per heavy atom. The molecule has 0 aliphatic heterocycles. The van der Waals surface area contributed by atoms with Gasteiger partial charge in [-0.15, -0.1) is 0 Å². The molecule has 3 rings (SSSR count). The number of imidazole rings is 1. The summed E-state index contributed by atoms with van der Waals surface area (Å²) in [5, 5.41) is 0.594. The molecule has 5 heteroatoms. The molecule has 0 saturated carbocycles. The van der Waals surface area contributed by atoms with Crippen molar-refractivity contribution < 1.29 is 4.74 Å². The molecule has 0 N–H and O–H groups in total. The zero-order chi connectivity index (χ0) is 15.7. The second kappa shape index (κ2) is 5.81. The van der Waals surface area contributed by atoms with Crippen molar-refractivity contribution in [1.29, 1.82) is 0 Å². The maximum atomic E-state index is 6.29. The molecule has 0 radical (unpaired) electrons. The van der Waals surface area contributed by atoms with Crippen molar-refractivity contribution >= 4 is 28.3 Å². The number of hydrogen-bond acceptors (Lipinski definition) is 3. The zero-order valence-electron chi connectivity index (χ0n) is 12.5. The fraction of sp³-hybridized carbons (Fsp3) is 0.176. The fourth-order valence-corrected chi connectivity index (χ4v) is 2.49. The number of benzene rings is 1. The first kappa shape index (κ1) is 14.6. The molecule has 2 heterocycles. The average molecular weight is 314 g/mol. The summed E-state index contributed by atoms with van der Waals surface area (Å²) in [6.07, 6.45) is 1.76. The first-order valence-electron chi connectivity index (χ1n) is 6.88. The van der Waals surface area contributed by atoms with E-state index in [1.165, 1.54) is 0 Å². The molecular weight excluding hydrogens is 298 g/mol. The fourth-order valence-electron chi connectivity index (χ4n) is 2.26. The Labute approximate surface area is 134 Å². The molecule has 0 unspecified atom stereocenters. The number of allylic oxidation sites excluding steroid dienone is 1. The molecule has 112 valence electrons. The van der Waals surface area contributed by atoms with E-state index >= 15 is 0 Å². The minimum Gasteiger partial charge on any atom is -0.497 e. The summed E-state index contributed by atoms with van der Waals surface area (Å²) >= 11 is 6.29. The molecule has 1 aromatic carbocycles. The molecule has 2 aromatic heterocycles. The Balaban J connectivity index is 2.01. The number of methoxy groups -OCH3 is 1. The van der Waals surface area contributed by atoms with Crippen LogP contribution in [-0.4, -0.2) is 21.6 Å². The second-order valence-corrected chi connectivity index (χ2v) is 5.57. The van der Waals surface area contributed by atoms with E-state index in [0.29, 0.717) is 17.1 Å². The van der Waals surface area contributed by atoms with Gasteiger partial charge in [0, 0.05) is 0 Å². The van der Waals surface area contributed by atoms with Crippen LogP contribution in [-0.2, 0) is 6.54 Å². The van der Waals surface area contributed by atoms with Crippen molar-refractivity contribution in [2.24, 2.45) is 0 Å². The lowest BCUT2D eigenvalue weighted by Crippen LogP contribution is -2.00. The van der Waals surface area contributed by atoms with E-state index in [1.807, 2.05) is 35.8 Å². The van der Waals surface area contributed by atoms with E-state index in [0.717, 1.165) is 28.2 Å². The van der Waals surface area contributed by atoms with Crippen LogP contribution in [0.4, 0.5) is 0 Å². The number of rotatable bonds is 4. The lowest BCUT2D eigenvalue weighted by molar-refractivity contribution is 0.414. The van der Waals surface area contributed by atoms with E-state index in [2.05, 4.69) is 16.5 Å². The first-order valence-corrected chi connectivity index (χ1v) is 7.26. The highest BCUT2D eigenvalue weighted by Gasteiger charge is 2.11. The predicted octanol–water partition coefficient (Wildman–Crippen LogP) is 4.17. The van der Waals surface area contributed by atoms with Crippen LogP contribution in [0.15, 0.2) is 43.2 Å². The van der Waals surface area contributed by atoms with Gasteiger partial charge in [-0.3, -0.25) is 0 Å². The van der Waals surface area contributed by atoms with Gasteiger partial charge in [0.1, 0.15) is 11.3 Å². The van der Waals surface area contributed by atoms with Gasteiger partial charge in [0.2, 0.25) is 0 Å². The van der Waals surface area contributed by atoms with Crippen molar-refractivity contribution in [3.05, 3.63) is 59.5 Å². The predicted molar refractivity (Wildman–Crippen MR) is 89.3 cm³/mol. The van der Waals surface area contributed by atoms with Gasteiger partial charge >= 0.3 is 0 Å². The molecular formula is C17H16ClN3O. The molecule has 0 saturated heterocycles. The van der Waals surface area contributed by atoms with E-state index in [-0.39, 0.29) is 0 Å². The summed E-state index contributed by atoms with van der Waals surface area (Å²) < 4.78 is 7.16.